The Morgan fingerprint density at radius 1 is 1.25 bits per heavy atom. The molecule has 0 atom stereocenters. The predicted octanol–water partition coefficient (Wildman–Crippen LogP) is 3.13. The lowest BCUT2D eigenvalue weighted by atomic mass is 10.0. The third-order valence-electron chi connectivity index (χ3n) is 3.76. The van der Waals surface area contributed by atoms with E-state index in [4.69, 9.17) is 18.0 Å². The maximum absolute atomic E-state index is 11.4. The summed E-state index contributed by atoms with van der Waals surface area (Å²) in [5.74, 6) is -0.260. The number of carboxylic acid groups (broad SMARTS) is 1. The van der Waals surface area contributed by atoms with Crippen LogP contribution >= 0.6 is 12.2 Å². The number of nitrogen functional groups attached to an aromatic ring is 1. The van der Waals surface area contributed by atoms with E-state index in [-0.39, 0.29) is 5.56 Å². The van der Waals surface area contributed by atoms with Gasteiger partial charge in [0.05, 0.1) is 5.56 Å². The van der Waals surface area contributed by atoms with Crippen molar-refractivity contribution in [3.63, 3.8) is 0 Å². The molecule has 0 saturated carbocycles. The minimum atomic E-state index is -0.989. The minimum absolute atomic E-state index is 0.214. The number of aromatic carboxylic acids is 1. The lowest BCUT2D eigenvalue weighted by molar-refractivity contribution is 0.0695. The summed E-state index contributed by atoms with van der Waals surface area (Å²) in [5.41, 5.74) is 7.98. The number of aromatic amines is 1. The zero-order chi connectivity index (χ0) is 17.1. The first-order valence-electron chi connectivity index (χ1n) is 7.38. The van der Waals surface area contributed by atoms with Crippen molar-refractivity contribution in [1.82, 2.24) is 14.8 Å². The van der Waals surface area contributed by atoms with E-state index in [0.717, 1.165) is 11.4 Å². The second-order valence-electron chi connectivity index (χ2n) is 5.34. The number of nitrogens with two attached hydrogens (primary N) is 1. The average molecular weight is 340 g/mol. The first-order valence-corrected chi connectivity index (χ1v) is 7.79. The molecule has 0 aliphatic heterocycles. The Balaban J connectivity index is 1.90. The van der Waals surface area contributed by atoms with Crippen molar-refractivity contribution in [3.05, 3.63) is 64.4 Å². The molecule has 0 radical (unpaired) electrons. The maximum Gasteiger partial charge on any atom is 0.336 e. The number of anilines is 1. The Morgan fingerprint density at radius 3 is 2.71 bits per heavy atom. The highest BCUT2D eigenvalue weighted by atomic mass is 32.1. The molecule has 0 unspecified atom stereocenters. The van der Waals surface area contributed by atoms with Crippen LogP contribution in [0.3, 0.4) is 0 Å². The molecule has 0 saturated heterocycles. The maximum atomic E-state index is 11.4. The number of aromatic nitrogens is 3. The van der Waals surface area contributed by atoms with Crippen molar-refractivity contribution >= 4 is 23.9 Å². The van der Waals surface area contributed by atoms with E-state index in [1.165, 1.54) is 6.07 Å². The monoisotopic (exact) mass is 340 g/mol. The zero-order valence-corrected chi connectivity index (χ0v) is 13.6. The van der Waals surface area contributed by atoms with Crippen LogP contribution in [0.2, 0.25) is 0 Å². The molecule has 1 aromatic heterocycles. The molecule has 122 valence electrons. The molecule has 3 aromatic rings. The van der Waals surface area contributed by atoms with Gasteiger partial charge in [-0.25, -0.2) is 4.79 Å². The quantitative estimate of drug-likeness (QED) is 0.490. The van der Waals surface area contributed by atoms with Crippen molar-refractivity contribution in [3.8, 4) is 11.4 Å². The van der Waals surface area contributed by atoms with Crippen LogP contribution in [-0.4, -0.2) is 25.8 Å². The Morgan fingerprint density at radius 2 is 2.00 bits per heavy atom. The van der Waals surface area contributed by atoms with Crippen molar-refractivity contribution in [1.29, 1.82) is 0 Å². The highest BCUT2D eigenvalue weighted by molar-refractivity contribution is 7.71. The van der Waals surface area contributed by atoms with Crippen LogP contribution in [0.25, 0.3) is 11.4 Å². The number of hydrogen-bond donors (Lipinski definition) is 3. The summed E-state index contributed by atoms with van der Waals surface area (Å²) in [6.07, 6.45) is 0.510. The van der Waals surface area contributed by atoms with Gasteiger partial charge in [0.2, 0.25) is 0 Å². The van der Waals surface area contributed by atoms with Crippen molar-refractivity contribution in [2.45, 2.75) is 13.0 Å². The number of hydrogen-bond acceptors (Lipinski definition) is 4. The highest BCUT2D eigenvalue weighted by Crippen LogP contribution is 2.19. The van der Waals surface area contributed by atoms with Gasteiger partial charge in [-0.3, -0.25) is 9.67 Å². The van der Waals surface area contributed by atoms with Gasteiger partial charge in [-0.2, -0.15) is 5.10 Å². The second kappa shape index (κ2) is 6.67. The normalized spacial score (nSPS) is 10.7. The molecule has 0 amide bonds. The van der Waals surface area contributed by atoms with Gasteiger partial charge in [0.1, 0.15) is 0 Å². The number of carbonyl (C=O) groups is 1. The summed E-state index contributed by atoms with van der Waals surface area (Å²) >= 11 is 5.30. The van der Waals surface area contributed by atoms with Gasteiger partial charge < -0.3 is 10.8 Å². The molecule has 0 aliphatic carbocycles. The van der Waals surface area contributed by atoms with Gasteiger partial charge in [0.15, 0.2) is 10.6 Å². The van der Waals surface area contributed by atoms with Gasteiger partial charge in [0, 0.05) is 17.8 Å². The Hall–Kier alpha value is -2.93. The van der Waals surface area contributed by atoms with Crippen LogP contribution in [0.4, 0.5) is 5.69 Å². The fourth-order valence-corrected chi connectivity index (χ4v) is 2.80. The lowest BCUT2D eigenvalue weighted by Crippen LogP contribution is -2.09. The molecule has 2 aromatic carbocycles. The number of nitrogens with zero attached hydrogens (tertiary/aromatic N) is 2. The Bertz CT molecular complexity index is 931. The topological polar surface area (TPSA) is 96.9 Å². The first kappa shape index (κ1) is 15.9. The standard InChI is InChI=1S/C17H16N4O2S/c18-13-7-6-11(14(10-13)16(22)23)8-9-21-15(19-20-17(21)24)12-4-2-1-3-5-12/h1-7,10H,8-9,18H2,(H,20,24)(H,22,23). The molecule has 6 nitrogen and oxygen atoms in total. The molecule has 0 spiro atoms. The third-order valence-corrected chi connectivity index (χ3v) is 4.07. The van der Waals surface area contributed by atoms with E-state index in [1.807, 2.05) is 34.9 Å². The molecule has 0 bridgehead atoms. The molecular weight excluding hydrogens is 324 g/mol. The van der Waals surface area contributed by atoms with Crippen molar-refractivity contribution < 1.29 is 9.90 Å². The number of H-pyrrole nitrogens is 1. The molecule has 4 N–H and O–H groups in total. The van der Waals surface area contributed by atoms with E-state index in [1.54, 1.807) is 12.1 Å². The van der Waals surface area contributed by atoms with Crippen molar-refractivity contribution in [2.24, 2.45) is 0 Å². The number of rotatable bonds is 5. The van der Waals surface area contributed by atoms with E-state index in [0.29, 0.717) is 29.0 Å². The minimum Gasteiger partial charge on any atom is -0.478 e. The fourth-order valence-electron chi connectivity index (χ4n) is 2.58. The predicted molar refractivity (Wildman–Crippen MR) is 94.4 cm³/mol. The third kappa shape index (κ3) is 3.21. The summed E-state index contributed by atoms with van der Waals surface area (Å²) in [6.45, 7) is 0.518. The lowest BCUT2D eigenvalue weighted by Gasteiger charge is -2.10. The van der Waals surface area contributed by atoms with Gasteiger partial charge in [0.25, 0.3) is 0 Å². The Kier molecular flexibility index (Phi) is 4.43. The average Bonchev–Trinajstić information content (AvgIpc) is 2.95. The van der Waals surface area contributed by atoms with Crippen LogP contribution in [0.15, 0.2) is 48.5 Å². The van der Waals surface area contributed by atoms with Gasteiger partial charge in [-0.1, -0.05) is 36.4 Å². The fraction of sp³-hybridized carbons (Fsp3) is 0.118. The molecule has 3 rings (SSSR count). The van der Waals surface area contributed by atoms with Gasteiger partial charge >= 0.3 is 5.97 Å². The summed E-state index contributed by atoms with van der Waals surface area (Å²) in [5, 5.41) is 16.4. The van der Waals surface area contributed by atoms with E-state index in [9.17, 15) is 9.90 Å². The first-order chi connectivity index (χ1) is 11.6. The van der Waals surface area contributed by atoms with Crippen LogP contribution in [0, 0.1) is 4.77 Å². The van der Waals surface area contributed by atoms with E-state index >= 15 is 0 Å². The number of benzene rings is 2. The van der Waals surface area contributed by atoms with Gasteiger partial charge in [-0.15, -0.1) is 0 Å². The summed E-state index contributed by atoms with van der Waals surface area (Å²) in [4.78, 5) is 11.4. The number of carboxylic acids is 1. The molecular formula is C17H16N4O2S. The van der Waals surface area contributed by atoms with Crippen molar-refractivity contribution in [2.75, 3.05) is 5.73 Å². The summed E-state index contributed by atoms with van der Waals surface area (Å²) in [6, 6.07) is 14.6. The summed E-state index contributed by atoms with van der Waals surface area (Å²) < 4.78 is 2.37. The Labute approximate surface area is 143 Å². The smallest absolute Gasteiger partial charge is 0.336 e. The highest BCUT2D eigenvalue weighted by Gasteiger charge is 2.13. The second-order valence-corrected chi connectivity index (χ2v) is 5.73. The van der Waals surface area contributed by atoms with E-state index in [2.05, 4.69) is 10.2 Å². The van der Waals surface area contributed by atoms with Crippen LogP contribution in [0.5, 0.6) is 0 Å². The molecule has 1 heterocycles. The summed E-state index contributed by atoms with van der Waals surface area (Å²) in [7, 11) is 0. The van der Waals surface area contributed by atoms with Crippen LogP contribution in [0.1, 0.15) is 15.9 Å². The number of aryl methyl sites for hydroxylation is 1. The molecule has 0 aliphatic rings. The zero-order valence-electron chi connectivity index (χ0n) is 12.8. The van der Waals surface area contributed by atoms with E-state index < -0.39 is 5.97 Å². The van der Waals surface area contributed by atoms with Crippen LogP contribution < -0.4 is 5.73 Å². The SMILES string of the molecule is Nc1ccc(CCn2c(-c3ccccc3)n[nH]c2=S)c(C(=O)O)c1. The molecule has 24 heavy (non-hydrogen) atoms. The van der Waals surface area contributed by atoms with Crippen LogP contribution in [-0.2, 0) is 13.0 Å². The van der Waals surface area contributed by atoms with Gasteiger partial charge in [-0.05, 0) is 36.3 Å². The molecule has 7 heteroatoms. The molecule has 0 fully saturated rings. The largest absolute Gasteiger partial charge is 0.478 e. The number of nitrogens with one attached hydrogen (secondary N) is 1.